The quantitative estimate of drug-likeness (QED) is 0.282. The first-order chi connectivity index (χ1) is 22.0. The van der Waals surface area contributed by atoms with Gasteiger partial charge in [-0.25, -0.2) is 4.99 Å². The standard InChI is InChI=1S/C37H49N5O3S/c1-6-9-26-10-11-30(26)38-36(45)37(4,5)31-21-29-28(34(39-35(29)46-31)27-19-24(2)18-25(3)20-27)12-15-40-16-17-42(32(43)22-40)23-33(44)41-13-7-8-14-41/h18-21,26,39H,6-17,22-23H2,1-5H3. The number of aryl methyl sites for hydroxylation is 2. The van der Waals surface area contributed by atoms with Gasteiger partial charge in [0.05, 0.1) is 24.2 Å². The summed E-state index contributed by atoms with van der Waals surface area (Å²) in [4.78, 5) is 55.6. The topological polar surface area (TPSA) is 89.1 Å². The van der Waals surface area contributed by atoms with Crippen LogP contribution in [0.1, 0.15) is 80.9 Å². The van der Waals surface area contributed by atoms with E-state index in [0.29, 0.717) is 19.0 Å². The smallest absolute Gasteiger partial charge is 0.256 e. The summed E-state index contributed by atoms with van der Waals surface area (Å²) in [6, 6.07) is 8.84. The molecule has 6 rings (SSSR count). The molecule has 46 heavy (non-hydrogen) atoms. The summed E-state index contributed by atoms with van der Waals surface area (Å²) in [6.45, 7) is 14.7. The van der Waals surface area contributed by atoms with Gasteiger partial charge in [-0.1, -0.05) is 30.5 Å². The Morgan fingerprint density at radius 3 is 2.43 bits per heavy atom. The molecular formula is C37H49N5O3S. The number of nitrogens with zero attached hydrogens (tertiary/aromatic N) is 4. The third-order valence-corrected chi connectivity index (χ3v) is 11.6. The van der Waals surface area contributed by atoms with E-state index in [1.54, 1.807) is 16.2 Å². The van der Waals surface area contributed by atoms with Crippen molar-refractivity contribution >= 4 is 45.0 Å². The molecule has 3 amide bonds. The van der Waals surface area contributed by atoms with Gasteiger partial charge in [0.25, 0.3) is 5.91 Å². The van der Waals surface area contributed by atoms with Gasteiger partial charge in [-0.3, -0.25) is 19.3 Å². The molecule has 2 aliphatic heterocycles. The van der Waals surface area contributed by atoms with Crippen molar-refractivity contribution in [2.24, 2.45) is 10.9 Å². The zero-order chi connectivity index (χ0) is 32.6. The summed E-state index contributed by atoms with van der Waals surface area (Å²) in [7, 11) is 0. The number of aromatic nitrogens is 1. The summed E-state index contributed by atoms with van der Waals surface area (Å²) in [5.41, 5.74) is 6.29. The van der Waals surface area contributed by atoms with Gasteiger partial charge in [-0.15, -0.1) is 11.3 Å². The second-order valence-electron chi connectivity index (χ2n) is 14.2. The van der Waals surface area contributed by atoms with Gasteiger partial charge in [0.15, 0.2) is 0 Å². The van der Waals surface area contributed by atoms with Crippen LogP contribution in [0.5, 0.6) is 0 Å². The number of amides is 3. The van der Waals surface area contributed by atoms with Crippen molar-refractivity contribution in [2.45, 2.75) is 85.0 Å². The normalized spacial score (nSPS) is 20.2. The van der Waals surface area contributed by atoms with Crippen molar-refractivity contribution < 1.29 is 14.4 Å². The fourth-order valence-corrected chi connectivity index (χ4v) is 8.42. The number of aliphatic imine (C=N–C) groups is 1. The Hall–Kier alpha value is -3.30. The highest BCUT2D eigenvalue weighted by Gasteiger charge is 2.35. The average Bonchev–Trinajstić information content (AvgIpc) is 3.75. The molecular weight excluding hydrogens is 595 g/mol. The van der Waals surface area contributed by atoms with Crippen LogP contribution in [0.2, 0.25) is 0 Å². The lowest BCUT2D eigenvalue weighted by Gasteiger charge is -2.34. The number of hydrogen-bond acceptors (Lipinski definition) is 5. The van der Waals surface area contributed by atoms with Crippen molar-refractivity contribution in [1.29, 1.82) is 0 Å². The molecule has 0 spiro atoms. The molecule has 2 saturated heterocycles. The van der Waals surface area contributed by atoms with Crippen LogP contribution in [0.3, 0.4) is 0 Å². The van der Waals surface area contributed by atoms with Crippen LogP contribution in [0.15, 0.2) is 29.3 Å². The monoisotopic (exact) mass is 643 g/mol. The first-order valence-electron chi connectivity index (χ1n) is 17.2. The predicted molar refractivity (Wildman–Crippen MR) is 187 cm³/mol. The molecule has 3 aromatic rings. The number of rotatable bonds is 10. The zero-order valence-corrected chi connectivity index (χ0v) is 29.0. The fourth-order valence-electron chi connectivity index (χ4n) is 7.24. The minimum Gasteiger partial charge on any atom is -0.346 e. The van der Waals surface area contributed by atoms with Gasteiger partial charge >= 0.3 is 0 Å². The minimum atomic E-state index is -0.712. The van der Waals surface area contributed by atoms with Crippen LogP contribution in [0.4, 0.5) is 0 Å². The largest absolute Gasteiger partial charge is 0.346 e. The van der Waals surface area contributed by atoms with E-state index in [1.165, 1.54) is 16.7 Å². The van der Waals surface area contributed by atoms with E-state index in [2.05, 4.69) is 59.9 Å². The van der Waals surface area contributed by atoms with Crippen molar-refractivity contribution in [3.63, 3.8) is 0 Å². The third-order valence-electron chi connectivity index (χ3n) is 10.2. The van der Waals surface area contributed by atoms with E-state index in [4.69, 9.17) is 0 Å². The predicted octanol–water partition coefficient (Wildman–Crippen LogP) is 6.28. The Morgan fingerprint density at radius 2 is 1.78 bits per heavy atom. The van der Waals surface area contributed by atoms with E-state index >= 15 is 0 Å². The third kappa shape index (κ3) is 6.72. The molecule has 1 N–H and O–H groups in total. The average molecular weight is 644 g/mol. The molecule has 1 aromatic carbocycles. The number of aromatic amines is 1. The molecule has 1 unspecified atom stereocenters. The highest BCUT2D eigenvalue weighted by molar-refractivity contribution is 7.19. The number of hydrogen-bond donors (Lipinski definition) is 1. The van der Waals surface area contributed by atoms with Gasteiger partial charge < -0.3 is 14.8 Å². The lowest BCUT2D eigenvalue weighted by molar-refractivity contribution is -0.143. The molecule has 8 nitrogen and oxygen atoms in total. The number of benzene rings is 1. The van der Waals surface area contributed by atoms with Crippen LogP contribution >= 0.6 is 11.3 Å². The SMILES string of the molecule is CCCC1CCC1=NC(=O)C(C)(C)c1cc2c(CCN3CCN(CC(=O)N4CCCC4)C(=O)C3)c(-c3cc(C)cc(C)c3)[nH]c2s1. The van der Waals surface area contributed by atoms with Crippen molar-refractivity contribution in [3.05, 3.63) is 45.8 Å². The number of nitrogens with one attached hydrogen (secondary N) is 1. The number of likely N-dealkylation sites (tertiary alicyclic amines) is 1. The second-order valence-corrected chi connectivity index (χ2v) is 15.2. The molecule has 0 bridgehead atoms. The lowest BCUT2D eigenvalue weighted by atomic mass is 9.79. The second kappa shape index (κ2) is 13.4. The zero-order valence-electron chi connectivity index (χ0n) is 28.2. The molecule has 9 heteroatoms. The number of H-pyrrole nitrogens is 1. The van der Waals surface area contributed by atoms with Crippen LogP contribution in [0, 0.1) is 19.8 Å². The summed E-state index contributed by atoms with van der Waals surface area (Å²) >= 11 is 1.66. The van der Waals surface area contributed by atoms with Crippen molar-refractivity contribution in [3.8, 4) is 11.3 Å². The molecule has 3 fully saturated rings. The summed E-state index contributed by atoms with van der Waals surface area (Å²) in [6.07, 6.45) is 7.18. The number of piperazine rings is 1. The summed E-state index contributed by atoms with van der Waals surface area (Å²) in [5.74, 6) is 0.512. The Morgan fingerprint density at radius 1 is 1.04 bits per heavy atom. The van der Waals surface area contributed by atoms with Gasteiger partial charge in [0.2, 0.25) is 11.8 Å². The van der Waals surface area contributed by atoms with Gasteiger partial charge in [-0.05, 0) is 101 Å². The molecule has 1 atom stereocenters. The molecule has 0 radical (unpaired) electrons. The van der Waals surface area contributed by atoms with Crippen LogP contribution in [-0.2, 0) is 26.2 Å². The van der Waals surface area contributed by atoms with Crippen LogP contribution < -0.4 is 0 Å². The molecule has 1 aliphatic carbocycles. The van der Waals surface area contributed by atoms with E-state index in [9.17, 15) is 14.4 Å². The number of fused-ring (bicyclic) bond motifs is 1. The molecule has 246 valence electrons. The van der Waals surface area contributed by atoms with E-state index in [1.807, 2.05) is 18.7 Å². The number of carbonyl (C=O) groups excluding carboxylic acids is 3. The Labute approximate surface area is 277 Å². The van der Waals surface area contributed by atoms with Gasteiger partial charge in [0.1, 0.15) is 4.83 Å². The highest BCUT2D eigenvalue weighted by Crippen LogP contribution is 2.41. The molecule has 3 aliphatic rings. The van der Waals surface area contributed by atoms with E-state index in [-0.39, 0.29) is 24.3 Å². The van der Waals surface area contributed by atoms with Crippen molar-refractivity contribution in [2.75, 3.05) is 45.8 Å². The Bertz CT molecular complexity index is 1640. The number of carbonyl (C=O) groups is 3. The highest BCUT2D eigenvalue weighted by atomic mass is 32.1. The van der Waals surface area contributed by atoms with Gasteiger partial charge in [0, 0.05) is 48.7 Å². The van der Waals surface area contributed by atoms with E-state index in [0.717, 1.165) is 103 Å². The first kappa shape index (κ1) is 32.6. The Kier molecular flexibility index (Phi) is 9.53. The summed E-state index contributed by atoms with van der Waals surface area (Å²) in [5, 5.41) is 1.15. The van der Waals surface area contributed by atoms with E-state index < -0.39 is 5.41 Å². The lowest BCUT2D eigenvalue weighted by Crippen LogP contribution is -2.53. The molecule has 2 aromatic heterocycles. The fraction of sp³-hybridized carbons (Fsp3) is 0.568. The maximum Gasteiger partial charge on any atom is 0.256 e. The van der Waals surface area contributed by atoms with Crippen molar-refractivity contribution in [1.82, 2.24) is 19.7 Å². The molecule has 1 saturated carbocycles. The Balaban J connectivity index is 1.22. The van der Waals surface area contributed by atoms with Crippen LogP contribution in [-0.4, -0.2) is 88.9 Å². The molecule has 4 heterocycles. The summed E-state index contributed by atoms with van der Waals surface area (Å²) < 4.78 is 0. The maximum absolute atomic E-state index is 13.5. The number of thiophene rings is 1. The first-order valence-corrected chi connectivity index (χ1v) is 18.0. The maximum atomic E-state index is 13.5. The van der Waals surface area contributed by atoms with Gasteiger partial charge in [-0.2, -0.15) is 0 Å². The minimum absolute atomic E-state index is 0.0277. The van der Waals surface area contributed by atoms with Crippen LogP contribution in [0.25, 0.3) is 21.5 Å².